The third-order valence-electron chi connectivity index (χ3n) is 5.30. The van der Waals surface area contributed by atoms with Gasteiger partial charge in [0.15, 0.2) is 5.69 Å². The molecule has 9 heteroatoms. The van der Waals surface area contributed by atoms with E-state index in [2.05, 4.69) is 4.98 Å². The van der Waals surface area contributed by atoms with Crippen molar-refractivity contribution in [3.8, 4) is 16.9 Å². The van der Waals surface area contributed by atoms with Crippen molar-refractivity contribution in [1.82, 2.24) is 9.55 Å². The maximum absolute atomic E-state index is 13.1. The van der Waals surface area contributed by atoms with Crippen molar-refractivity contribution >= 4 is 17.4 Å². The van der Waals surface area contributed by atoms with Crippen LogP contribution >= 0.6 is 0 Å². The van der Waals surface area contributed by atoms with Gasteiger partial charge in [0.2, 0.25) is 5.91 Å². The van der Waals surface area contributed by atoms with E-state index in [1.807, 2.05) is 61.5 Å². The molecule has 3 aromatic rings. The summed E-state index contributed by atoms with van der Waals surface area (Å²) >= 11 is 0. The molecular weight excluding hydrogens is 436 g/mol. The molecule has 0 unspecified atom stereocenters. The van der Waals surface area contributed by atoms with Gasteiger partial charge in [-0.25, -0.2) is 4.79 Å². The van der Waals surface area contributed by atoms with E-state index in [1.165, 1.54) is 16.6 Å². The van der Waals surface area contributed by atoms with Gasteiger partial charge < -0.3 is 20.1 Å². The molecule has 0 spiro atoms. The van der Waals surface area contributed by atoms with E-state index >= 15 is 0 Å². The molecule has 0 saturated heterocycles. The lowest BCUT2D eigenvalue weighted by atomic mass is 10.1. The standard InChI is InChI=1S/C25H30N4O5/c1-3-14-29-23(26)22(24(31)27-25(29)32)28(15-17-33-2)21(30)13-16-34-20-12-8-7-11-19(20)18-9-5-4-6-10-18/h4-12H,3,13-17,26H2,1-2H3,(H,27,31,32). The van der Waals surface area contributed by atoms with E-state index in [9.17, 15) is 14.4 Å². The smallest absolute Gasteiger partial charge is 0.330 e. The van der Waals surface area contributed by atoms with Crippen LogP contribution in [-0.4, -0.2) is 42.3 Å². The summed E-state index contributed by atoms with van der Waals surface area (Å²) in [6, 6.07) is 17.4. The number of ether oxygens (including phenoxy) is 2. The molecule has 0 aliphatic carbocycles. The molecule has 180 valence electrons. The molecule has 1 aromatic heterocycles. The number of methoxy groups -OCH3 is 1. The van der Waals surface area contributed by atoms with Crippen LogP contribution < -0.4 is 26.6 Å². The lowest BCUT2D eigenvalue weighted by Gasteiger charge is -2.24. The Kier molecular flexibility index (Phi) is 8.64. The van der Waals surface area contributed by atoms with E-state index in [-0.39, 0.29) is 43.6 Å². The van der Waals surface area contributed by atoms with Gasteiger partial charge in [0.25, 0.3) is 5.56 Å². The highest BCUT2D eigenvalue weighted by atomic mass is 16.5. The first-order valence-electron chi connectivity index (χ1n) is 11.2. The molecule has 0 bridgehead atoms. The first kappa shape index (κ1) is 24.8. The van der Waals surface area contributed by atoms with Crippen molar-refractivity contribution in [1.29, 1.82) is 0 Å². The number of nitrogens with two attached hydrogens (primary N) is 1. The van der Waals surface area contributed by atoms with Gasteiger partial charge in [-0.15, -0.1) is 0 Å². The van der Waals surface area contributed by atoms with Gasteiger partial charge in [-0.3, -0.25) is 19.1 Å². The molecule has 3 N–H and O–H groups in total. The number of hydrogen-bond acceptors (Lipinski definition) is 6. The number of aromatic nitrogens is 2. The van der Waals surface area contributed by atoms with Gasteiger partial charge in [-0.05, 0) is 18.1 Å². The van der Waals surface area contributed by atoms with Gasteiger partial charge >= 0.3 is 5.69 Å². The highest BCUT2D eigenvalue weighted by molar-refractivity contribution is 5.95. The lowest BCUT2D eigenvalue weighted by molar-refractivity contribution is -0.119. The molecular formula is C25H30N4O5. The van der Waals surface area contributed by atoms with Crippen LogP contribution in [0.25, 0.3) is 11.1 Å². The summed E-state index contributed by atoms with van der Waals surface area (Å²) in [4.78, 5) is 41.4. The highest BCUT2D eigenvalue weighted by Crippen LogP contribution is 2.29. The van der Waals surface area contributed by atoms with Crippen LogP contribution in [0.15, 0.2) is 64.2 Å². The van der Waals surface area contributed by atoms with Crippen LogP contribution in [-0.2, 0) is 16.1 Å². The predicted molar refractivity (Wildman–Crippen MR) is 132 cm³/mol. The minimum absolute atomic E-state index is 0.00137. The number of rotatable bonds is 11. The van der Waals surface area contributed by atoms with Crippen LogP contribution in [0.1, 0.15) is 19.8 Å². The largest absolute Gasteiger partial charge is 0.492 e. The van der Waals surface area contributed by atoms with Crippen molar-refractivity contribution in [2.45, 2.75) is 26.3 Å². The fraction of sp³-hybridized carbons (Fsp3) is 0.320. The lowest BCUT2D eigenvalue weighted by Crippen LogP contribution is -2.42. The third kappa shape index (κ3) is 5.74. The summed E-state index contributed by atoms with van der Waals surface area (Å²) in [5.74, 6) is 0.238. The molecule has 0 atom stereocenters. The first-order chi connectivity index (χ1) is 16.5. The summed E-state index contributed by atoms with van der Waals surface area (Å²) in [7, 11) is 1.50. The number of aromatic amines is 1. The van der Waals surface area contributed by atoms with Crippen LogP contribution in [0.5, 0.6) is 5.75 Å². The fourth-order valence-electron chi connectivity index (χ4n) is 3.66. The molecule has 34 heavy (non-hydrogen) atoms. The average molecular weight is 467 g/mol. The molecule has 1 amide bonds. The molecule has 1 heterocycles. The monoisotopic (exact) mass is 466 g/mol. The number of para-hydroxylation sites is 1. The van der Waals surface area contributed by atoms with Crippen molar-refractivity contribution in [3.63, 3.8) is 0 Å². The predicted octanol–water partition coefficient (Wildman–Crippen LogP) is 2.64. The van der Waals surface area contributed by atoms with Gasteiger partial charge in [0.05, 0.1) is 19.6 Å². The van der Waals surface area contributed by atoms with Crippen LogP contribution in [0, 0.1) is 0 Å². The summed E-state index contributed by atoms with van der Waals surface area (Å²) in [5, 5.41) is 0. The summed E-state index contributed by atoms with van der Waals surface area (Å²) in [6.45, 7) is 2.59. The topological polar surface area (TPSA) is 120 Å². The van der Waals surface area contributed by atoms with Crippen molar-refractivity contribution < 1.29 is 14.3 Å². The maximum Gasteiger partial charge on any atom is 0.330 e. The van der Waals surface area contributed by atoms with Gasteiger partial charge in [0, 0.05) is 25.8 Å². The molecule has 2 aromatic carbocycles. The average Bonchev–Trinajstić information content (AvgIpc) is 2.84. The quantitative estimate of drug-likeness (QED) is 0.448. The molecule has 0 saturated carbocycles. The summed E-state index contributed by atoms with van der Waals surface area (Å²) < 4.78 is 12.3. The molecule has 0 fully saturated rings. The summed E-state index contributed by atoms with van der Waals surface area (Å²) in [6.07, 6.45) is 0.634. The van der Waals surface area contributed by atoms with E-state index in [1.54, 1.807) is 0 Å². The second-order valence-corrected chi connectivity index (χ2v) is 7.64. The fourth-order valence-corrected chi connectivity index (χ4v) is 3.66. The van der Waals surface area contributed by atoms with Crippen molar-refractivity contribution in [2.75, 3.05) is 37.5 Å². The van der Waals surface area contributed by atoms with E-state index in [0.717, 1.165) is 11.1 Å². The number of H-pyrrole nitrogens is 1. The van der Waals surface area contributed by atoms with Crippen molar-refractivity contribution in [3.05, 3.63) is 75.4 Å². The molecule has 3 rings (SSSR count). The minimum atomic E-state index is -0.713. The van der Waals surface area contributed by atoms with E-state index < -0.39 is 11.2 Å². The molecule has 0 aliphatic rings. The van der Waals surface area contributed by atoms with Crippen molar-refractivity contribution in [2.24, 2.45) is 0 Å². The normalized spacial score (nSPS) is 10.8. The maximum atomic E-state index is 13.1. The number of hydrogen-bond donors (Lipinski definition) is 2. The Morgan fingerprint density at radius 1 is 1.06 bits per heavy atom. The number of nitrogen functional groups attached to an aromatic ring is 1. The Bertz CT molecular complexity index is 1220. The number of carbonyl (C=O) groups excluding carboxylic acids is 1. The second kappa shape index (κ2) is 11.9. The van der Waals surface area contributed by atoms with E-state index in [0.29, 0.717) is 18.7 Å². The van der Waals surface area contributed by atoms with Gasteiger partial charge in [0.1, 0.15) is 11.6 Å². The Hall–Kier alpha value is -3.85. The van der Waals surface area contributed by atoms with Crippen LogP contribution in [0.2, 0.25) is 0 Å². The number of amides is 1. The number of nitrogens with zero attached hydrogens (tertiary/aromatic N) is 2. The second-order valence-electron chi connectivity index (χ2n) is 7.64. The van der Waals surface area contributed by atoms with Crippen LogP contribution in [0.4, 0.5) is 11.5 Å². The minimum Gasteiger partial charge on any atom is -0.492 e. The zero-order chi connectivity index (χ0) is 24.5. The zero-order valence-corrected chi connectivity index (χ0v) is 19.5. The Balaban J connectivity index is 1.81. The molecule has 0 aliphatic heterocycles. The highest BCUT2D eigenvalue weighted by Gasteiger charge is 2.24. The third-order valence-corrected chi connectivity index (χ3v) is 5.30. The number of anilines is 2. The zero-order valence-electron chi connectivity index (χ0n) is 19.5. The Morgan fingerprint density at radius 2 is 1.76 bits per heavy atom. The number of carbonyl (C=O) groups is 1. The molecule has 9 nitrogen and oxygen atoms in total. The van der Waals surface area contributed by atoms with Gasteiger partial charge in [-0.1, -0.05) is 55.5 Å². The molecule has 0 radical (unpaired) electrons. The van der Waals surface area contributed by atoms with Gasteiger partial charge in [-0.2, -0.15) is 0 Å². The Labute approximate surface area is 197 Å². The van der Waals surface area contributed by atoms with E-state index in [4.69, 9.17) is 15.2 Å². The first-order valence-corrected chi connectivity index (χ1v) is 11.2. The Morgan fingerprint density at radius 3 is 2.47 bits per heavy atom. The SMILES string of the molecule is CCCn1c(N)c(N(CCOC)C(=O)CCOc2ccccc2-c2ccccc2)c(=O)[nH]c1=O. The number of nitrogens with one attached hydrogen (secondary N) is 1. The number of benzene rings is 2. The van der Waals surface area contributed by atoms with Crippen LogP contribution in [0.3, 0.4) is 0 Å². The summed E-state index contributed by atoms with van der Waals surface area (Å²) in [5.41, 5.74) is 6.71.